The number of imidazole rings is 1. The van der Waals surface area contributed by atoms with Gasteiger partial charge in [-0.3, -0.25) is 5.01 Å². The molecule has 11 heteroatoms. The van der Waals surface area contributed by atoms with Gasteiger partial charge in [-0.2, -0.15) is 13.2 Å². The topological polar surface area (TPSA) is 73.1 Å². The highest BCUT2D eigenvalue weighted by molar-refractivity contribution is 7.98. The van der Waals surface area contributed by atoms with Gasteiger partial charge in [-0.25, -0.2) is 15.2 Å². The molecule has 0 aliphatic heterocycles. The van der Waals surface area contributed by atoms with Crippen LogP contribution >= 0.6 is 23.4 Å². The molecule has 0 fully saturated rings. The molecule has 0 saturated heterocycles. The van der Waals surface area contributed by atoms with Gasteiger partial charge in [0.05, 0.1) is 22.1 Å². The highest BCUT2D eigenvalue weighted by Crippen LogP contribution is 2.37. The van der Waals surface area contributed by atoms with E-state index in [1.165, 1.54) is 40.9 Å². The molecule has 0 spiro atoms. The number of aromatic nitrogens is 2. The number of hydrazine groups is 1. The van der Waals surface area contributed by atoms with Gasteiger partial charge in [0.15, 0.2) is 5.69 Å². The van der Waals surface area contributed by atoms with E-state index in [2.05, 4.69) is 4.98 Å². The second-order valence-electron chi connectivity index (χ2n) is 8.03. The summed E-state index contributed by atoms with van der Waals surface area (Å²) in [7, 11) is 0. The lowest BCUT2D eigenvalue weighted by molar-refractivity contribution is -0.141. The van der Waals surface area contributed by atoms with Crippen molar-refractivity contribution in [2.24, 2.45) is 11.6 Å². The summed E-state index contributed by atoms with van der Waals surface area (Å²) in [6, 6.07) is 17.0. The monoisotopic (exact) mass is 547 g/mol. The number of alkyl halides is 3. The maximum absolute atomic E-state index is 13.8. The summed E-state index contributed by atoms with van der Waals surface area (Å²) in [6.45, 7) is 1.47. The number of aryl methyl sites for hydroxylation is 1. The van der Waals surface area contributed by atoms with Crippen LogP contribution in [0.3, 0.4) is 0 Å². The minimum absolute atomic E-state index is 0.113. The molecule has 0 atom stereocenters. The lowest BCUT2D eigenvalue weighted by Crippen LogP contribution is -2.31. The summed E-state index contributed by atoms with van der Waals surface area (Å²) < 4.78 is 55.3. The Labute approximate surface area is 220 Å². The first-order valence-electron chi connectivity index (χ1n) is 10.9. The zero-order valence-corrected chi connectivity index (χ0v) is 21.3. The quantitative estimate of drug-likeness (QED) is 0.117. The van der Waals surface area contributed by atoms with Crippen LogP contribution in [-0.4, -0.2) is 15.8 Å². The molecule has 3 aromatic carbocycles. The molecule has 0 aliphatic carbocycles. The van der Waals surface area contributed by atoms with Crippen molar-refractivity contribution < 1.29 is 17.6 Å². The van der Waals surface area contributed by atoms with E-state index >= 15 is 0 Å². The molecule has 192 valence electrons. The molecule has 0 bridgehead atoms. The van der Waals surface area contributed by atoms with E-state index in [0.29, 0.717) is 16.9 Å². The van der Waals surface area contributed by atoms with Crippen LogP contribution in [0, 0.1) is 12.7 Å². The molecule has 4 rings (SSSR count). The van der Waals surface area contributed by atoms with E-state index < -0.39 is 17.7 Å². The van der Waals surface area contributed by atoms with Gasteiger partial charge in [0.1, 0.15) is 11.6 Å². The van der Waals surface area contributed by atoms with E-state index in [4.69, 9.17) is 23.2 Å². The molecule has 0 saturated carbocycles. The van der Waals surface area contributed by atoms with Gasteiger partial charge in [-0.15, -0.1) is 11.8 Å². The van der Waals surface area contributed by atoms with Crippen LogP contribution in [0.2, 0.25) is 5.02 Å². The molecule has 0 radical (unpaired) electrons. The average Bonchev–Trinajstić information content (AvgIpc) is 3.28. The van der Waals surface area contributed by atoms with E-state index in [1.54, 1.807) is 30.0 Å². The molecule has 0 unspecified atom stereocenters. The Kier molecular flexibility index (Phi) is 7.54. The van der Waals surface area contributed by atoms with E-state index in [-0.39, 0.29) is 16.5 Å². The third-order valence-corrected chi connectivity index (χ3v) is 6.72. The minimum Gasteiger partial charge on any atom is -0.403 e. The van der Waals surface area contributed by atoms with Gasteiger partial charge >= 0.3 is 6.18 Å². The number of nitrogens with two attached hydrogens (primary N) is 2. The molecular formula is C26H22ClF4N5S. The molecular weight excluding hydrogens is 526 g/mol. The zero-order chi connectivity index (χ0) is 26.9. The van der Waals surface area contributed by atoms with Crippen LogP contribution < -0.4 is 16.6 Å². The van der Waals surface area contributed by atoms with Gasteiger partial charge in [-0.1, -0.05) is 29.8 Å². The van der Waals surface area contributed by atoms with Gasteiger partial charge in [-0.05, 0) is 66.8 Å². The first-order chi connectivity index (χ1) is 17.5. The number of benzene rings is 3. The molecule has 4 N–H and O–H groups in total. The number of rotatable bonds is 6. The van der Waals surface area contributed by atoms with Gasteiger partial charge in [0, 0.05) is 22.9 Å². The fourth-order valence-electron chi connectivity index (χ4n) is 3.86. The lowest BCUT2D eigenvalue weighted by Gasteiger charge is -2.26. The number of hydrogen-bond donors (Lipinski definition) is 2. The Balaban J connectivity index is 1.91. The van der Waals surface area contributed by atoms with E-state index in [9.17, 15) is 17.6 Å². The lowest BCUT2D eigenvalue weighted by atomic mass is 10.0. The van der Waals surface area contributed by atoms with Crippen molar-refractivity contribution in [1.29, 1.82) is 0 Å². The van der Waals surface area contributed by atoms with Crippen LogP contribution in [0.25, 0.3) is 22.5 Å². The Morgan fingerprint density at radius 2 is 1.81 bits per heavy atom. The van der Waals surface area contributed by atoms with Crippen LogP contribution in [-0.2, 0) is 6.18 Å². The maximum Gasteiger partial charge on any atom is 0.434 e. The maximum atomic E-state index is 13.8. The van der Waals surface area contributed by atoms with Crippen LogP contribution in [0.1, 0.15) is 17.1 Å². The summed E-state index contributed by atoms with van der Waals surface area (Å²) in [4.78, 5) is 4.72. The zero-order valence-electron chi connectivity index (χ0n) is 19.7. The number of halogens is 5. The second kappa shape index (κ2) is 10.5. The third-order valence-electron chi connectivity index (χ3n) is 5.70. The van der Waals surface area contributed by atoms with Crippen molar-refractivity contribution in [3.63, 3.8) is 0 Å². The Bertz CT molecular complexity index is 1480. The van der Waals surface area contributed by atoms with Crippen molar-refractivity contribution in [2.45, 2.75) is 18.0 Å². The number of nitrogens with zero attached hydrogens (tertiary/aromatic N) is 3. The Morgan fingerprint density at radius 3 is 2.43 bits per heavy atom. The summed E-state index contributed by atoms with van der Waals surface area (Å²) in [6.07, 6.45) is -0.529. The first kappa shape index (κ1) is 26.6. The van der Waals surface area contributed by atoms with Crippen LogP contribution in [0.5, 0.6) is 0 Å². The van der Waals surface area contributed by atoms with E-state index in [0.717, 1.165) is 22.2 Å². The fraction of sp³-hybridized carbons (Fsp3) is 0.115. The molecule has 5 nitrogen and oxygen atoms in total. The fourth-order valence-corrected chi connectivity index (χ4v) is 4.50. The number of thioether (sulfide) groups is 1. The van der Waals surface area contributed by atoms with Crippen molar-refractivity contribution in [1.82, 2.24) is 9.55 Å². The molecule has 4 aromatic rings. The van der Waals surface area contributed by atoms with Gasteiger partial charge < -0.3 is 10.3 Å². The molecule has 0 aliphatic rings. The van der Waals surface area contributed by atoms with Crippen molar-refractivity contribution in [3.05, 3.63) is 101 Å². The predicted molar refractivity (Wildman–Crippen MR) is 141 cm³/mol. The summed E-state index contributed by atoms with van der Waals surface area (Å²) >= 11 is 7.55. The minimum atomic E-state index is -4.62. The summed E-state index contributed by atoms with van der Waals surface area (Å²) in [5.41, 5.74) is 7.86. The van der Waals surface area contributed by atoms with Gasteiger partial charge in [0.2, 0.25) is 0 Å². The van der Waals surface area contributed by atoms with Crippen molar-refractivity contribution in [3.8, 4) is 16.8 Å². The smallest absolute Gasteiger partial charge is 0.403 e. The second-order valence-corrected chi connectivity index (χ2v) is 9.31. The highest BCUT2D eigenvalue weighted by Gasteiger charge is 2.35. The Hall–Kier alpha value is -3.47. The standard InChI is InChI=1S/C26H22ClF4N5S/c1-15-34-25(26(29,30)31)14-35(15)22-9-7-17(16-4-3-5-19(10-16)37-2)12-23(22)36(33)24(13-32)18-6-8-21(28)20(27)11-18/h3-14H,32-33H2,1-2H3/b24-13-. The predicted octanol–water partition coefficient (Wildman–Crippen LogP) is 7.02. The highest BCUT2D eigenvalue weighted by atomic mass is 35.5. The van der Waals surface area contributed by atoms with Crippen LogP contribution in [0.4, 0.5) is 23.2 Å². The van der Waals surface area contributed by atoms with Crippen molar-refractivity contribution in [2.75, 3.05) is 11.3 Å². The number of anilines is 1. The number of hydrogen-bond acceptors (Lipinski definition) is 5. The largest absolute Gasteiger partial charge is 0.434 e. The van der Waals surface area contributed by atoms with E-state index in [1.807, 2.05) is 30.5 Å². The van der Waals surface area contributed by atoms with Gasteiger partial charge in [0.25, 0.3) is 0 Å². The summed E-state index contributed by atoms with van der Waals surface area (Å²) in [5.74, 6) is 6.04. The molecule has 37 heavy (non-hydrogen) atoms. The first-order valence-corrected chi connectivity index (χ1v) is 12.5. The normalized spacial score (nSPS) is 12.2. The van der Waals surface area contributed by atoms with Crippen LogP contribution in [0.15, 0.2) is 78.0 Å². The van der Waals surface area contributed by atoms with Crippen molar-refractivity contribution >= 4 is 34.7 Å². The average molecular weight is 548 g/mol. The SMILES string of the molecule is CSc1cccc(-c2ccc(-n3cc(C(F)(F)F)nc3C)c(N(N)/C(=C\N)c3ccc(F)c(Cl)c3)c2)c1. The molecule has 1 heterocycles. The summed E-state index contributed by atoms with van der Waals surface area (Å²) in [5, 5.41) is 1.10. The molecule has 0 amide bonds. The third kappa shape index (κ3) is 5.46. The molecule has 1 aromatic heterocycles. The Morgan fingerprint density at radius 1 is 1.08 bits per heavy atom.